The number of hydrogen-bond acceptors (Lipinski definition) is 7. The van der Waals surface area contributed by atoms with Gasteiger partial charge in [-0.3, -0.25) is 4.79 Å². The SMILES string of the molecule is CC(CO[Si](c1ccccc1)(c1ccccc1)C(C)(C)C)C(=O)O[C@H]1O[C@@H]2O[C@@]3(C)CC[C@H]4[C@H](C)CC[C@@H]([C@H]1C)[C@@]24OO3. The Morgan fingerprint density at radius 3 is 2.19 bits per heavy atom. The van der Waals surface area contributed by atoms with E-state index in [9.17, 15) is 4.79 Å². The van der Waals surface area contributed by atoms with Crippen LogP contribution in [0.4, 0.5) is 0 Å². The van der Waals surface area contributed by atoms with Crippen molar-refractivity contribution in [3.63, 3.8) is 0 Å². The molecule has 8 heteroatoms. The third-order valence-corrected chi connectivity index (χ3v) is 15.7. The van der Waals surface area contributed by atoms with Crippen LogP contribution in [0, 0.1) is 29.6 Å². The first-order chi connectivity index (χ1) is 20.4. The van der Waals surface area contributed by atoms with E-state index in [0.717, 1.165) is 25.7 Å². The molecule has 43 heavy (non-hydrogen) atoms. The fourth-order valence-corrected chi connectivity index (χ4v) is 13.0. The lowest BCUT2D eigenvalue weighted by Crippen LogP contribution is -2.70. The third kappa shape index (κ3) is 5.12. The van der Waals surface area contributed by atoms with Crippen LogP contribution in [-0.4, -0.2) is 44.9 Å². The summed E-state index contributed by atoms with van der Waals surface area (Å²) in [4.78, 5) is 25.9. The van der Waals surface area contributed by atoms with Crippen molar-refractivity contribution in [2.75, 3.05) is 6.61 Å². The molecular weight excluding hydrogens is 560 g/mol. The number of fused-ring (bicyclic) bond motifs is 2. The van der Waals surface area contributed by atoms with Crippen molar-refractivity contribution in [2.45, 2.75) is 103 Å². The highest BCUT2D eigenvalue weighted by molar-refractivity contribution is 6.99. The molecule has 1 saturated carbocycles. The molecular formula is C35H48O7Si. The van der Waals surface area contributed by atoms with E-state index < -0.39 is 38.2 Å². The number of benzene rings is 2. The molecule has 4 heterocycles. The van der Waals surface area contributed by atoms with E-state index in [0.29, 0.717) is 5.92 Å². The molecule has 4 saturated heterocycles. The van der Waals surface area contributed by atoms with E-state index in [4.69, 9.17) is 28.4 Å². The van der Waals surface area contributed by atoms with Crippen LogP contribution < -0.4 is 10.4 Å². The van der Waals surface area contributed by atoms with E-state index in [1.165, 1.54) is 10.4 Å². The molecule has 5 fully saturated rings. The molecule has 0 N–H and O–H groups in total. The van der Waals surface area contributed by atoms with Crippen molar-refractivity contribution in [3.05, 3.63) is 60.7 Å². The van der Waals surface area contributed by atoms with Gasteiger partial charge in [-0.15, -0.1) is 0 Å². The van der Waals surface area contributed by atoms with Crippen molar-refractivity contribution < 1.29 is 33.2 Å². The monoisotopic (exact) mass is 608 g/mol. The first-order valence-electron chi connectivity index (χ1n) is 16.1. The second-order valence-corrected chi connectivity index (χ2v) is 18.9. The van der Waals surface area contributed by atoms with E-state index in [-0.39, 0.29) is 35.4 Å². The Balaban J connectivity index is 1.22. The minimum Gasteiger partial charge on any atom is -0.435 e. The number of rotatable bonds is 7. The van der Waals surface area contributed by atoms with Gasteiger partial charge >= 0.3 is 5.97 Å². The average molecular weight is 609 g/mol. The third-order valence-electron chi connectivity index (χ3n) is 10.7. The molecule has 0 amide bonds. The van der Waals surface area contributed by atoms with E-state index in [1.807, 2.05) is 26.0 Å². The normalized spacial score (nSPS) is 36.3. The van der Waals surface area contributed by atoms with Gasteiger partial charge in [0.05, 0.1) is 5.92 Å². The van der Waals surface area contributed by atoms with Gasteiger partial charge in [0.1, 0.15) is 0 Å². The van der Waals surface area contributed by atoms with Gasteiger partial charge in [0.25, 0.3) is 8.32 Å². The van der Waals surface area contributed by atoms with Crippen LogP contribution in [0.5, 0.6) is 0 Å². The highest BCUT2D eigenvalue weighted by atomic mass is 28.4. The number of hydrogen-bond donors (Lipinski definition) is 0. The second kappa shape index (κ2) is 11.4. The van der Waals surface area contributed by atoms with Crippen molar-refractivity contribution in [3.8, 4) is 0 Å². The zero-order valence-corrected chi connectivity index (χ0v) is 27.7. The van der Waals surface area contributed by atoms with Gasteiger partial charge < -0.3 is 18.6 Å². The topological polar surface area (TPSA) is 72.5 Å². The van der Waals surface area contributed by atoms with Crippen LogP contribution >= 0.6 is 0 Å². The van der Waals surface area contributed by atoms with Gasteiger partial charge in [0, 0.05) is 24.9 Å². The maximum absolute atomic E-state index is 13.7. The lowest BCUT2D eigenvalue weighted by molar-refractivity contribution is -0.576. The summed E-state index contributed by atoms with van der Waals surface area (Å²) < 4.78 is 26.2. The van der Waals surface area contributed by atoms with Crippen molar-refractivity contribution in [1.29, 1.82) is 0 Å². The van der Waals surface area contributed by atoms with Gasteiger partial charge in [0.15, 0.2) is 11.9 Å². The molecule has 1 aliphatic carbocycles. The molecule has 0 aromatic heterocycles. The summed E-state index contributed by atoms with van der Waals surface area (Å²) in [6.45, 7) is 15.1. The number of esters is 1. The summed E-state index contributed by atoms with van der Waals surface area (Å²) in [7, 11) is -2.78. The molecule has 9 atom stereocenters. The quantitative estimate of drug-likeness (QED) is 0.219. The summed E-state index contributed by atoms with van der Waals surface area (Å²) in [5, 5.41) is 2.18. The molecule has 2 aromatic carbocycles. The predicted molar refractivity (Wildman–Crippen MR) is 166 cm³/mol. The summed E-state index contributed by atoms with van der Waals surface area (Å²) in [6.07, 6.45) is 2.36. The zero-order chi connectivity index (χ0) is 30.6. The van der Waals surface area contributed by atoms with Gasteiger partial charge in [-0.2, -0.15) is 0 Å². The fraction of sp³-hybridized carbons (Fsp3) is 0.629. The Hall–Kier alpha value is -2.07. The van der Waals surface area contributed by atoms with Crippen molar-refractivity contribution in [1.82, 2.24) is 0 Å². The van der Waals surface area contributed by atoms with E-state index in [2.05, 4.69) is 83.1 Å². The van der Waals surface area contributed by atoms with Crippen LogP contribution in [0.2, 0.25) is 5.04 Å². The second-order valence-electron chi connectivity index (χ2n) is 14.6. The average Bonchev–Trinajstić information content (AvgIpc) is 3.22. The Morgan fingerprint density at radius 1 is 0.953 bits per heavy atom. The molecule has 5 aliphatic rings. The van der Waals surface area contributed by atoms with Crippen LogP contribution in [0.3, 0.4) is 0 Å². The fourth-order valence-electron chi connectivity index (χ4n) is 8.32. The molecule has 2 aromatic rings. The lowest BCUT2D eigenvalue weighted by atomic mass is 9.58. The first-order valence-corrected chi connectivity index (χ1v) is 18.0. The number of ether oxygens (including phenoxy) is 3. The van der Waals surface area contributed by atoms with Crippen LogP contribution in [-0.2, 0) is 33.2 Å². The molecule has 7 nitrogen and oxygen atoms in total. The van der Waals surface area contributed by atoms with Gasteiger partial charge in [0.2, 0.25) is 12.1 Å². The lowest BCUT2D eigenvalue weighted by Gasteiger charge is -2.60. The summed E-state index contributed by atoms with van der Waals surface area (Å²) in [5.74, 6) is -0.932. The standard InChI is InChI=1S/C35H48O7Si/c1-23-18-19-29-25(3)31(39-32-35(29)28(23)20-21-34(7,40-32)41-42-35)38-30(36)24(2)22-37-43(33(4,5)6,26-14-10-8-11-15-26)27-16-12-9-13-17-27/h8-17,23-25,28-29,31-32H,18-22H2,1-7H3/t23-,24?,25-,28+,29+,31+,32-,34-,35-/m1/s1. The van der Waals surface area contributed by atoms with Crippen molar-refractivity contribution >= 4 is 24.7 Å². The Labute approximate surface area is 257 Å². The van der Waals surface area contributed by atoms with Crippen LogP contribution in [0.25, 0.3) is 0 Å². The molecule has 1 unspecified atom stereocenters. The number of carbonyl (C=O) groups is 1. The zero-order valence-electron chi connectivity index (χ0n) is 26.7. The summed E-state index contributed by atoms with van der Waals surface area (Å²) >= 11 is 0. The first kappa shape index (κ1) is 30.9. The van der Waals surface area contributed by atoms with Crippen LogP contribution in [0.15, 0.2) is 60.7 Å². The number of carbonyl (C=O) groups excluding carboxylic acids is 1. The maximum atomic E-state index is 13.7. The van der Waals surface area contributed by atoms with Gasteiger partial charge in [-0.25, -0.2) is 9.78 Å². The Bertz CT molecular complexity index is 1240. The highest BCUT2D eigenvalue weighted by Gasteiger charge is 2.70. The minimum absolute atomic E-state index is 0.0744. The molecule has 2 bridgehead atoms. The van der Waals surface area contributed by atoms with E-state index in [1.54, 1.807) is 0 Å². The summed E-state index contributed by atoms with van der Waals surface area (Å²) in [5.41, 5.74) is -0.687. The molecule has 7 rings (SSSR count). The minimum atomic E-state index is -2.78. The largest absolute Gasteiger partial charge is 0.435 e. The highest BCUT2D eigenvalue weighted by Crippen LogP contribution is 2.60. The Kier molecular flexibility index (Phi) is 8.18. The molecule has 234 valence electrons. The van der Waals surface area contributed by atoms with Gasteiger partial charge in [-0.1, -0.05) is 95.3 Å². The molecule has 4 aliphatic heterocycles. The molecule has 1 spiro atoms. The predicted octanol–water partition coefficient (Wildman–Crippen LogP) is 5.95. The Morgan fingerprint density at radius 2 is 1.58 bits per heavy atom. The van der Waals surface area contributed by atoms with Crippen molar-refractivity contribution in [2.24, 2.45) is 29.6 Å². The molecule has 0 radical (unpaired) electrons. The summed E-state index contributed by atoms with van der Waals surface area (Å²) in [6, 6.07) is 21.0. The van der Waals surface area contributed by atoms with E-state index >= 15 is 0 Å². The smallest absolute Gasteiger partial charge is 0.313 e. The maximum Gasteiger partial charge on any atom is 0.313 e. The van der Waals surface area contributed by atoms with Crippen LogP contribution in [0.1, 0.15) is 74.1 Å². The van der Waals surface area contributed by atoms with Gasteiger partial charge in [-0.05, 0) is 60.4 Å².